The van der Waals surface area contributed by atoms with Crippen molar-refractivity contribution in [3.8, 4) is 0 Å². The lowest BCUT2D eigenvalue weighted by atomic mass is 10.0. The number of aliphatic carboxylic acids is 1. The lowest BCUT2D eigenvalue weighted by molar-refractivity contribution is -0.146. The standard InChI is InChI=1S/C12H20N2O4/c15-6-5-14(10-3-1-2-4-10)12(18)13-7-9(8-13)11(16)17/h9-10,15H,1-8H2,(H,16,17). The maximum Gasteiger partial charge on any atom is 0.320 e. The van der Waals surface area contributed by atoms with E-state index in [0.717, 1.165) is 25.7 Å². The van der Waals surface area contributed by atoms with E-state index in [1.807, 2.05) is 0 Å². The van der Waals surface area contributed by atoms with Crippen LogP contribution in [0, 0.1) is 5.92 Å². The average molecular weight is 256 g/mol. The molecule has 2 fully saturated rings. The molecule has 0 radical (unpaired) electrons. The molecule has 2 N–H and O–H groups in total. The number of carbonyl (C=O) groups is 2. The van der Waals surface area contributed by atoms with Gasteiger partial charge in [0.1, 0.15) is 0 Å². The Hall–Kier alpha value is -1.30. The molecular formula is C12H20N2O4. The molecule has 2 amide bonds. The molecule has 0 aromatic rings. The number of nitrogens with zero attached hydrogens (tertiary/aromatic N) is 2. The normalized spacial score (nSPS) is 20.8. The van der Waals surface area contributed by atoms with Crippen molar-refractivity contribution in [3.63, 3.8) is 0 Å². The minimum absolute atomic E-state index is 0.0432. The van der Waals surface area contributed by atoms with Crippen LogP contribution in [-0.4, -0.2) is 64.3 Å². The highest BCUT2D eigenvalue weighted by molar-refractivity contribution is 5.80. The van der Waals surface area contributed by atoms with Gasteiger partial charge in [0.15, 0.2) is 0 Å². The first kappa shape index (κ1) is 13.1. The molecule has 0 bridgehead atoms. The zero-order valence-electron chi connectivity index (χ0n) is 10.4. The largest absolute Gasteiger partial charge is 0.481 e. The predicted octanol–water partition coefficient (Wildman–Crippen LogP) is 0.360. The Labute approximate surface area is 106 Å². The predicted molar refractivity (Wildman–Crippen MR) is 64.1 cm³/mol. The maximum absolute atomic E-state index is 12.2. The van der Waals surface area contributed by atoms with Crippen LogP contribution in [0.4, 0.5) is 4.79 Å². The Kier molecular flexibility index (Phi) is 4.06. The van der Waals surface area contributed by atoms with Gasteiger partial charge in [0.25, 0.3) is 0 Å². The first-order valence-corrected chi connectivity index (χ1v) is 6.52. The number of likely N-dealkylation sites (tertiary alicyclic amines) is 1. The van der Waals surface area contributed by atoms with Gasteiger partial charge in [0, 0.05) is 25.7 Å². The number of urea groups is 1. The van der Waals surface area contributed by atoms with Crippen LogP contribution in [0.15, 0.2) is 0 Å². The molecule has 0 aromatic heterocycles. The Bertz CT molecular complexity index is 322. The van der Waals surface area contributed by atoms with Gasteiger partial charge in [-0.25, -0.2) is 4.79 Å². The Morgan fingerprint density at radius 2 is 1.83 bits per heavy atom. The molecule has 1 aliphatic carbocycles. The first-order chi connectivity index (χ1) is 8.63. The second-order valence-electron chi connectivity index (χ2n) is 5.08. The second kappa shape index (κ2) is 5.56. The van der Waals surface area contributed by atoms with E-state index in [2.05, 4.69) is 0 Å². The second-order valence-corrected chi connectivity index (χ2v) is 5.08. The first-order valence-electron chi connectivity index (χ1n) is 6.52. The van der Waals surface area contributed by atoms with Crippen LogP contribution < -0.4 is 0 Å². The van der Waals surface area contributed by atoms with E-state index in [1.165, 1.54) is 0 Å². The lowest BCUT2D eigenvalue weighted by Crippen LogP contribution is -2.58. The van der Waals surface area contributed by atoms with Gasteiger partial charge in [-0.2, -0.15) is 0 Å². The molecule has 102 valence electrons. The Balaban J connectivity index is 1.90. The van der Waals surface area contributed by atoms with E-state index in [4.69, 9.17) is 10.2 Å². The highest BCUT2D eigenvalue weighted by Gasteiger charge is 2.39. The van der Waals surface area contributed by atoms with Crippen LogP contribution in [-0.2, 0) is 4.79 Å². The molecule has 18 heavy (non-hydrogen) atoms. The third-order valence-electron chi connectivity index (χ3n) is 3.85. The van der Waals surface area contributed by atoms with E-state index in [0.29, 0.717) is 19.6 Å². The summed E-state index contributed by atoms with van der Waals surface area (Å²) in [6.45, 7) is 0.891. The smallest absolute Gasteiger partial charge is 0.320 e. The molecule has 1 aliphatic heterocycles. The summed E-state index contributed by atoms with van der Waals surface area (Å²) in [7, 11) is 0. The van der Waals surface area contributed by atoms with Crippen LogP contribution in [0.3, 0.4) is 0 Å². The summed E-state index contributed by atoms with van der Waals surface area (Å²) in [6, 6.07) is 0.0991. The number of aliphatic hydroxyl groups excluding tert-OH is 1. The van der Waals surface area contributed by atoms with Crippen molar-refractivity contribution >= 4 is 12.0 Å². The van der Waals surface area contributed by atoms with Gasteiger partial charge in [-0.15, -0.1) is 0 Å². The fraction of sp³-hybridized carbons (Fsp3) is 0.833. The molecule has 6 nitrogen and oxygen atoms in total. The monoisotopic (exact) mass is 256 g/mol. The van der Waals surface area contributed by atoms with Gasteiger partial charge >= 0.3 is 12.0 Å². The molecule has 0 unspecified atom stereocenters. The Morgan fingerprint density at radius 1 is 1.22 bits per heavy atom. The molecule has 0 spiro atoms. The van der Waals surface area contributed by atoms with Crippen LogP contribution in [0.2, 0.25) is 0 Å². The molecule has 1 saturated heterocycles. The minimum atomic E-state index is -0.839. The molecule has 1 saturated carbocycles. The van der Waals surface area contributed by atoms with Crippen molar-refractivity contribution in [1.29, 1.82) is 0 Å². The quantitative estimate of drug-likeness (QED) is 0.761. The van der Waals surface area contributed by atoms with E-state index < -0.39 is 11.9 Å². The third-order valence-corrected chi connectivity index (χ3v) is 3.85. The molecule has 0 aromatic carbocycles. The molecule has 0 atom stereocenters. The van der Waals surface area contributed by atoms with Crippen molar-refractivity contribution in [1.82, 2.24) is 9.80 Å². The fourth-order valence-electron chi connectivity index (χ4n) is 2.73. The van der Waals surface area contributed by atoms with E-state index >= 15 is 0 Å². The van der Waals surface area contributed by atoms with Crippen LogP contribution in [0.5, 0.6) is 0 Å². The highest BCUT2D eigenvalue weighted by atomic mass is 16.4. The zero-order valence-corrected chi connectivity index (χ0v) is 10.4. The summed E-state index contributed by atoms with van der Waals surface area (Å²) in [5, 5.41) is 17.8. The van der Waals surface area contributed by atoms with Crippen molar-refractivity contribution in [2.45, 2.75) is 31.7 Å². The van der Waals surface area contributed by atoms with Gasteiger partial charge in [-0.3, -0.25) is 4.79 Å². The van der Waals surface area contributed by atoms with Gasteiger partial charge in [0.05, 0.1) is 12.5 Å². The molecule has 2 rings (SSSR count). The molecule has 2 aliphatic rings. The van der Waals surface area contributed by atoms with Gasteiger partial charge < -0.3 is 20.0 Å². The number of amides is 2. The van der Waals surface area contributed by atoms with Crippen LogP contribution in [0.1, 0.15) is 25.7 Å². The van der Waals surface area contributed by atoms with Crippen LogP contribution in [0.25, 0.3) is 0 Å². The number of carboxylic acids is 1. The number of carbonyl (C=O) groups excluding carboxylic acids is 1. The fourth-order valence-corrected chi connectivity index (χ4v) is 2.73. The molecule has 6 heteroatoms. The average Bonchev–Trinajstić information content (AvgIpc) is 2.76. The lowest BCUT2D eigenvalue weighted by Gasteiger charge is -2.41. The number of rotatable bonds is 4. The van der Waals surface area contributed by atoms with Gasteiger partial charge in [0.2, 0.25) is 0 Å². The van der Waals surface area contributed by atoms with Gasteiger partial charge in [-0.1, -0.05) is 12.8 Å². The van der Waals surface area contributed by atoms with E-state index in [-0.39, 0.29) is 18.7 Å². The summed E-state index contributed by atoms with van der Waals surface area (Å²) in [5.41, 5.74) is 0. The summed E-state index contributed by atoms with van der Waals surface area (Å²) >= 11 is 0. The molecule has 1 heterocycles. The van der Waals surface area contributed by atoms with Gasteiger partial charge in [-0.05, 0) is 12.8 Å². The maximum atomic E-state index is 12.2. The SMILES string of the molecule is O=C(O)C1CN(C(=O)N(CCO)C2CCCC2)C1. The number of aliphatic hydroxyl groups is 1. The highest BCUT2D eigenvalue weighted by Crippen LogP contribution is 2.26. The topological polar surface area (TPSA) is 81.1 Å². The van der Waals surface area contributed by atoms with Crippen molar-refractivity contribution < 1.29 is 19.8 Å². The molecular weight excluding hydrogens is 236 g/mol. The summed E-state index contributed by atoms with van der Waals surface area (Å²) in [6.07, 6.45) is 4.22. The number of hydrogen-bond acceptors (Lipinski definition) is 3. The number of carboxylic acid groups (broad SMARTS) is 1. The third kappa shape index (κ3) is 2.58. The van der Waals surface area contributed by atoms with Crippen molar-refractivity contribution in [2.75, 3.05) is 26.2 Å². The number of hydrogen-bond donors (Lipinski definition) is 2. The van der Waals surface area contributed by atoms with Crippen LogP contribution >= 0.6 is 0 Å². The summed E-state index contributed by atoms with van der Waals surface area (Å²) < 4.78 is 0. The van der Waals surface area contributed by atoms with E-state index in [9.17, 15) is 9.59 Å². The van der Waals surface area contributed by atoms with Crippen molar-refractivity contribution in [2.24, 2.45) is 5.92 Å². The zero-order chi connectivity index (χ0) is 13.1. The summed E-state index contributed by atoms with van der Waals surface area (Å²) in [5.74, 6) is -1.26. The Morgan fingerprint density at radius 3 is 2.33 bits per heavy atom. The minimum Gasteiger partial charge on any atom is -0.481 e. The van der Waals surface area contributed by atoms with Crippen molar-refractivity contribution in [3.05, 3.63) is 0 Å². The summed E-state index contributed by atoms with van der Waals surface area (Å²) in [4.78, 5) is 26.2. The van der Waals surface area contributed by atoms with E-state index in [1.54, 1.807) is 9.80 Å².